The maximum absolute atomic E-state index is 11.9. The van der Waals surface area contributed by atoms with E-state index >= 15 is 0 Å². The molecule has 9 nitrogen and oxygen atoms in total. The number of nitrogens with zero attached hydrogens (tertiary/aromatic N) is 3. The van der Waals surface area contributed by atoms with Gasteiger partial charge in [-0.3, -0.25) is 4.79 Å². The van der Waals surface area contributed by atoms with Crippen LogP contribution in [0.4, 0.5) is 4.79 Å². The fourth-order valence-electron chi connectivity index (χ4n) is 3.34. The van der Waals surface area contributed by atoms with Gasteiger partial charge in [0.25, 0.3) is 0 Å². The van der Waals surface area contributed by atoms with Crippen LogP contribution in [0.3, 0.4) is 0 Å². The number of hydrogen-bond donors (Lipinski definition) is 4. The Labute approximate surface area is 166 Å². The van der Waals surface area contributed by atoms with Crippen LogP contribution < -0.4 is 16.0 Å². The smallest absolute Gasteiger partial charge is 0.317 e. The van der Waals surface area contributed by atoms with Crippen molar-refractivity contribution in [1.82, 2.24) is 30.4 Å². The Balaban J connectivity index is 0.000000203. The van der Waals surface area contributed by atoms with Crippen molar-refractivity contribution in [3.8, 4) is 0 Å². The van der Waals surface area contributed by atoms with Crippen molar-refractivity contribution < 1.29 is 14.7 Å². The van der Waals surface area contributed by atoms with Gasteiger partial charge in [-0.15, -0.1) is 0 Å². The normalized spacial score (nSPS) is 18.6. The molecule has 158 valence electrons. The van der Waals surface area contributed by atoms with Gasteiger partial charge >= 0.3 is 6.03 Å². The molecule has 0 aromatic carbocycles. The molecule has 2 heterocycles. The van der Waals surface area contributed by atoms with E-state index in [-0.39, 0.29) is 18.5 Å². The summed E-state index contributed by atoms with van der Waals surface area (Å²) in [6, 6.07) is 0.574. The number of imidazole rings is 1. The van der Waals surface area contributed by atoms with Gasteiger partial charge in [-0.05, 0) is 12.8 Å². The lowest BCUT2D eigenvalue weighted by Crippen LogP contribution is -2.52. The Hall–Kier alpha value is -2.13. The average Bonchev–Trinajstić information content (AvgIpc) is 3.21. The molecule has 9 heteroatoms. The van der Waals surface area contributed by atoms with E-state index in [0.717, 1.165) is 39.0 Å². The zero-order valence-corrected chi connectivity index (χ0v) is 16.8. The van der Waals surface area contributed by atoms with Crippen molar-refractivity contribution in [2.45, 2.75) is 57.7 Å². The number of rotatable bonds is 5. The van der Waals surface area contributed by atoms with Gasteiger partial charge < -0.3 is 30.5 Å². The minimum absolute atomic E-state index is 0.135. The number of carbonyl (C=O) groups excluding carboxylic acids is 2. The Morgan fingerprint density at radius 3 is 2.57 bits per heavy atom. The van der Waals surface area contributed by atoms with Crippen LogP contribution in [0.2, 0.25) is 0 Å². The predicted octanol–water partition coefficient (Wildman–Crippen LogP) is 0.314. The van der Waals surface area contributed by atoms with E-state index in [1.54, 1.807) is 23.3 Å². The van der Waals surface area contributed by atoms with Crippen LogP contribution in [-0.2, 0) is 11.3 Å². The summed E-state index contributed by atoms with van der Waals surface area (Å²) in [5, 5.41) is 18.3. The zero-order chi connectivity index (χ0) is 20.2. The number of urea groups is 1. The number of nitrogens with one attached hydrogen (secondary N) is 3. The molecular formula is C19H34N6O3. The van der Waals surface area contributed by atoms with Crippen molar-refractivity contribution in [3.63, 3.8) is 0 Å². The van der Waals surface area contributed by atoms with Crippen LogP contribution in [0.15, 0.2) is 18.7 Å². The summed E-state index contributed by atoms with van der Waals surface area (Å²) in [5.74, 6) is -0.135. The minimum Gasteiger partial charge on any atom is -0.389 e. The summed E-state index contributed by atoms with van der Waals surface area (Å²) >= 11 is 0. The van der Waals surface area contributed by atoms with Crippen LogP contribution in [0.5, 0.6) is 0 Å². The third-order valence-corrected chi connectivity index (χ3v) is 4.90. The van der Waals surface area contributed by atoms with Crippen molar-refractivity contribution in [2.24, 2.45) is 0 Å². The molecule has 2 aliphatic rings. The highest BCUT2D eigenvalue weighted by Gasteiger charge is 2.20. The molecule has 0 bridgehead atoms. The van der Waals surface area contributed by atoms with Gasteiger partial charge in [0, 0.05) is 58.1 Å². The lowest BCUT2D eigenvalue weighted by molar-refractivity contribution is -0.119. The largest absolute Gasteiger partial charge is 0.389 e. The molecule has 1 saturated carbocycles. The molecule has 3 amide bonds. The maximum Gasteiger partial charge on any atom is 0.317 e. The molecule has 1 unspecified atom stereocenters. The van der Waals surface area contributed by atoms with Crippen molar-refractivity contribution in [3.05, 3.63) is 18.7 Å². The lowest BCUT2D eigenvalue weighted by Gasteiger charge is -2.31. The first-order valence-electron chi connectivity index (χ1n) is 10.2. The molecule has 1 aromatic rings. The van der Waals surface area contributed by atoms with E-state index in [4.69, 9.17) is 0 Å². The molecule has 28 heavy (non-hydrogen) atoms. The number of aromatic nitrogens is 2. The Morgan fingerprint density at radius 2 is 1.96 bits per heavy atom. The number of amides is 3. The Bertz CT molecular complexity index is 568. The molecule has 0 radical (unpaired) electrons. The number of piperazine rings is 1. The topological polar surface area (TPSA) is 112 Å². The van der Waals surface area contributed by atoms with E-state index in [1.165, 1.54) is 26.2 Å². The second-order valence-electron chi connectivity index (χ2n) is 7.37. The molecule has 1 saturated heterocycles. The van der Waals surface area contributed by atoms with Crippen LogP contribution in [0.1, 0.15) is 39.0 Å². The maximum atomic E-state index is 11.9. The van der Waals surface area contributed by atoms with E-state index in [9.17, 15) is 14.7 Å². The summed E-state index contributed by atoms with van der Waals surface area (Å²) in [7, 11) is 0. The number of aliphatic hydroxyl groups is 1. The number of hydrogen-bond acceptors (Lipinski definition) is 5. The summed E-state index contributed by atoms with van der Waals surface area (Å²) in [6.45, 7) is 5.69. The van der Waals surface area contributed by atoms with Crippen LogP contribution in [-0.4, -0.2) is 76.4 Å². The van der Waals surface area contributed by atoms with Gasteiger partial charge in [0.05, 0.1) is 19.0 Å². The molecule has 1 atom stereocenters. The zero-order valence-electron chi connectivity index (χ0n) is 16.8. The quantitative estimate of drug-likeness (QED) is 0.575. The summed E-state index contributed by atoms with van der Waals surface area (Å²) in [5.41, 5.74) is 0. The van der Waals surface area contributed by atoms with Crippen molar-refractivity contribution >= 4 is 11.9 Å². The monoisotopic (exact) mass is 394 g/mol. The van der Waals surface area contributed by atoms with Crippen LogP contribution >= 0.6 is 0 Å². The second-order valence-corrected chi connectivity index (χ2v) is 7.37. The highest BCUT2D eigenvalue weighted by molar-refractivity contribution is 5.74. The number of carbonyl (C=O) groups is 2. The summed E-state index contributed by atoms with van der Waals surface area (Å²) in [6.07, 6.45) is 10.7. The molecular weight excluding hydrogens is 360 g/mol. The highest BCUT2D eigenvalue weighted by Crippen LogP contribution is 2.17. The fourth-order valence-corrected chi connectivity index (χ4v) is 3.34. The van der Waals surface area contributed by atoms with Gasteiger partial charge in [-0.25, -0.2) is 9.78 Å². The van der Waals surface area contributed by atoms with Gasteiger partial charge in [-0.2, -0.15) is 0 Å². The van der Waals surface area contributed by atoms with Crippen molar-refractivity contribution in [2.75, 3.05) is 32.7 Å². The Morgan fingerprint density at radius 1 is 1.25 bits per heavy atom. The van der Waals surface area contributed by atoms with E-state index in [0.29, 0.717) is 12.6 Å². The highest BCUT2D eigenvalue weighted by atomic mass is 16.3. The van der Waals surface area contributed by atoms with Crippen LogP contribution in [0, 0.1) is 0 Å². The molecule has 1 aliphatic heterocycles. The van der Waals surface area contributed by atoms with Gasteiger partial charge in [0.2, 0.25) is 5.91 Å². The minimum atomic E-state index is -0.571. The third kappa shape index (κ3) is 8.71. The van der Waals surface area contributed by atoms with E-state index < -0.39 is 6.10 Å². The Kier molecular flexibility index (Phi) is 9.78. The predicted molar refractivity (Wildman–Crippen MR) is 107 cm³/mol. The first-order chi connectivity index (χ1) is 13.5. The molecule has 4 N–H and O–H groups in total. The van der Waals surface area contributed by atoms with E-state index in [2.05, 4.69) is 20.9 Å². The standard InChI is InChI=1S/C11H21N3O.C8H13N3O2/c15-11(14-8-6-12-7-9-14)13-10-4-2-1-3-5-10;1-7(12)10-4-8(13)5-11-3-2-9-6-11/h10,12H,1-9H2,(H,13,15);2-3,6,8,13H,4-5H2,1H3,(H,10,12). The second kappa shape index (κ2) is 12.4. The molecule has 2 fully saturated rings. The van der Waals surface area contributed by atoms with Gasteiger partial charge in [0.15, 0.2) is 0 Å². The van der Waals surface area contributed by atoms with Gasteiger partial charge in [0.1, 0.15) is 0 Å². The van der Waals surface area contributed by atoms with Crippen LogP contribution in [0.25, 0.3) is 0 Å². The summed E-state index contributed by atoms with van der Waals surface area (Å²) < 4.78 is 1.76. The molecule has 1 aliphatic carbocycles. The molecule has 3 rings (SSSR count). The van der Waals surface area contributed by atoms with Gasteiger partial charge in [-0.1, -0.05) is 19.3 Å². The third-order valence-electron chi connectivity index (χ3n) is 4.90. The molecule has 0 spiro atoms. The SMILES string of the molecule is CC(=O)NCC(O)Cn1ccnc1.O=C(NC1CCCCC1)N1CCNCC1. The first-order valence-corrected chi connectivity index (χ1v) is 10.2. The summed E-state index contributed by atoms with van der Waals surface area (Å²) in [4.78, 5) is 28.1. The van der Waals surface area contributed by atoms with E-state index in [1.807, 2.05) is 4.90 Å². The first kappa shape index (κ1) is 22.2. The average molecular weight is 395 g/mol. The lowest BCUT2D eigenvalue weighted by atomic mass is 9.96. The molecule has 1 aromatic heterocycles. The fraction of sp³-hybridized carbons (Fsp3) is 0.737. The number of aliphatic hydroxyl groups excluding tert-OH is 1. The van der Waals surface area contributed by atoms with Crippen molar-refractivity contribution in [1.29, 1.82) is 0 Å².